The van der Waals surface area contributed by atoms with Gasteiger partial charge in [0.15, 0.2) is 5.17 Å². The molecule has 1 saturated heterocycles. The molecule has 2 aromatic rings. The molecule has 1 aliphatic heterocycles. The molecule has 0 bridgehead atoms. The first-order valence-corrected chi connectivity index (χ1v) is 9.20. The van der Waals surface area contributed by atoms with Gasteiger partial charge in [0.2, 0.25) is 0 Å². The van der Waals surface area contributed by atoms with Gasteiger partial charge < -0.3 is 10.2 Å². The maximum absolute atomic E-state index is 12.6. The quantitative estimate of drug-likeness (QED) is 0.741. The second-order valence-corrected chi connectivity index (χ2v) is 7.06. The fourth-order valence-electron chi connectivity index (χ4n) is 2.50. The number of carbonyl (C=O) groups is 2. The maximum atomic E-state index is 12.6. The van der Waals surface area contributed by atoms with E-state index >= 15 is 0 Å². The molecule has 138 valence electrons. The first-order valence-electron chi connectivity index (χ1n) is 8.01. The lowest BCUT2D eigenvalue weighted by atomic mass is 10.2. The van der Waals surface area contributed by atoms with E-state index in [1.54, 1.807) is 24.3 Å². The van der Waals surface area contributed by atoms with Crippen LogP contribution in [0.1, 0.15) is 22.8 Å². The molecular formula is C19H15ClN2O4S. The molecule has 1 aliphatic rings. The number of nitrogens with zero attached hydrogens (tertiary/aromatic N) is 2. The molecule has 3 rings (SSSR count). The lowest BCUT2D eigenvalue weighted by Crippen LogP contribution is -2.28. The van der Waals surface area contributed by atoms with Crippen molar-refractivity contribution in [3.63, 3.8) is 0 Å². The van der Waals surface area contributed by atoms with Gasteiger partial charge >= 0.3 is 5.97 Å². The second kappa shape index (κ2) is 7.85. The summed E-state index contributed by atoms with van der Waals surface area (Å²) < 4.78 is 0. The van der Waals surface area contributed by atoms with E-state index in [0.717, 1.165) is 5.56 Å². The maximum Gasteiger partial charge on any atom is 0.339 e. The smallest absolute Gasteiger partial charge is 0.339 e. The molecule has 0 aliphatic carbocycles. The number of likely N-dealkylation sites (N-methyl/N-ethyl adjacent to an activating group) is 1. The summed E-state index contributed by atoms with van der Waals surface area (Å²) in [6, 6.07) is 11.2. The van der Waals surface area contributed by atoms with Crippen molar-refractivity contribution in [1.82, 2.24) is 4.90 Å². The van der Waals surface area contributed by atoms with E-state index < -0.39 is 5.97 Å². The van der Waals surface area contributed by atoms with Crippen LogP contribution in [0.2, 0.25) is 5.02 Å². The monoisotopic (exact) mass is 402 g/mol. The molecule has 6 nitrogen and oxygen atoms in total. The van der Waals surface area contributed by atoms with E-state index in [1.807, 2.05) is 13.0 Å². The van der Waals surface area contributed by atoms with E-state index in [9.17, 15) is 14.7 Å². The fourth-order valence-corrected chi connectivity index (χ4v) is 3.76. The predicted molar refractivity (Wildman–Crippen MR) is 107 cm³/mol. The normalized spacial score (nSPS) is 17.1. The number of hydrogen-bond acceptors (Lipinski definition) is 5. The van der Waals surface area contributed by atoms with Gasteiger partial charge in [0, 0.05) is 17.6 Å². The number of aromatic hydroxyl groups is 1. The van der Waals surface area contributed by atoms with Crippen LogP contribution >= 0.6 is 23.4 Å². The highest BCUT2D eigenvalue weighted by atomic mass is 35.5. The van der Waals surface area contributed by atoms with Gasteiger partial charge in [0.1, 0.15) is 11.3 Å². The number of rotatable bonds is 4. The third-order valence-corrected chi connectivity index (χ3v) is 5.03. The largest absolute Gasteiger partial charge is 0.507 e. The Morgan fingerprint density at radius 1 is 1.30 bits per heavy atom. The van der Waals surface area contributed by atoms with E-state index in [1.165, 1.54) is 34.9 Å². The van der Waals surface area contributed by atoms with Crippen molar-refractivity contribution in [3.8, 4) is 5.75 Å². The Labute approximate surface area is 164 Å². The minimum atomic E-state index is -1.22. The molecule has 0 aromatic heterocycles. The Balaban J connectivity index is 1.94. The first kappa shape index (κ1) is 19.0. The van der Waals surface area contributed by atoms with Gasteiger partial charge in [-0.1, -0.05) is 23.7 Å². The van der Waals surface area contributed by atoms with E-state index in [4.69, 9.17) is 16.7 Å². The molecule has 0 spiro atoms. The molecule has 0 radical (unpaired) electrons. The highest BCUT2D eigenvalue weighted by molar-refractivity contribution is 8.18. The number of carbonyl (C=O) groups excluding carboxylic acids is 1. The fraction of sp³-hybridized carbons (Fsp3) is 0.105. The van der Waals surface area contributed by atoms with Gasteiger partial charge in [0.25, 0.3) is 5.91 Å². The Kier molecular flexibility index (Phi) is 5.53. The molecule has 1 heterocycles. The number of halogens is 1. The Morgan fingerprint density at radius 2 is 2.07 bits per heavy atom. The number of benzene rings is 2. The molecule has 8 heteroatoms. The zero-order valence-corrected chi connectivity index (χ0v) is 15.8. The summed E-state index contributed by atoms with van der Waals surface area (Å²) in [7, 11) is 0. The average molecular weight is 403 g/mol. The van der Waals surface area contributed by atoms with Gasteiger partial charge in [-0.3, -0.25) is 9.69 Å². The second-order valence-electron chi connectivity index (χ2n) is 5.62. The van der Waals surface area contributed by atoms with E-state index in [-0.39, 0.29) is 17.2 Å². The molecule has 1 amide bonds. The van der Waals surface area contributed by atoms with Gasteiger partial charge in [-0.2, -0.15) is 0 Å². The third-order valence-electron chi connectivity index (χ3n) is 3.79. The van der Waals surface area contributed by atoms with Gasteiger partial charge in [0.05, 0.1) is 10.6 Å². The van der Waals surface area contributed by atoms with Crippen LogP contribution in [0, 0.1) is 0 Å². The number of amides is 1. The van der Waals surface area contributed by atoms with Crippen molar-refractivity contribution in [1.29, 1.82) is 0 Å². The Hall–Kier alpha value is -2.77. The van der Waals surface area contributed by atoms with Crippen LogP contribution in [0.5, 0.6) is 5.75 Å². The summed E-state index contributed by atoms with van der Waals surface area (Å²) in [5.41, 5.74) is 0.956. The molecule has 1 fully saturated rings. The van der Waals surface area contributed by atoms with E-state index in [0.29, 0.717) is 27.3 Å². The molecule has 2 N–H and O–H groups in total. The minimum absolute atomic E-state index is 0.174. The first-order chi connectivity index (χ1) is 12.9. The highest BCUT2D eigenvalue weighted by Gasteiger charge is 2.32. The minimum Gasteiger partial charge on any atom is -0.507 e. The molecule has 2 aromatic carbocycles. The van der Waals surface area contributed by atoms with Gasteiger partial charge in [-0.15, -0.1) is 0 Å². The average Bonchev–Trinajstić information content (AvgIpc) is 2.89. The Bertz CT molecular complexity index is 987. The number of carboxylic acids is 1. The van der Waals surface area contributed by atoms with Crippen LogP contribution in [-0.2, 0) is 4.79 Å². The standard InChI is InChI=1S/C19H15ClN2O4S/c1-2-22-17(24)16(9-11-4-3-5-12(20)8-11)27-19(22)21-13-6-7-14(18(25)26)15(23)10-13/h3-10,23H,2H2,1H3,(H,25,26)/b16-9-,21-19?. The summed E-state index contributed by atoms with van der Waals surface area (Å²) in [4.78, 5) is 30.0. The van der Waals surface area contributed by atoms with Crippen LogP contribution in [0.3, 0.4) is 0 Å². The molecule has 0 saturated carbocycles. The van der Waals surface area contributed by atoms with Crippen molar-refractivity contribution in [3.05, 3.63) is 63.5 Å². The zero-order chi connectivity index (χ0) is 19.6. The van der Waals surface area contributed by atoms with Crippen LogP contribution in [0.15, 0.2) is 52.4 Å². The SMILES string of the molecule is CCN1C(=O)/C(=C/c2cccc(Cl)c2)SC1=Nc1ccc(C(=O)O)c(O)c1. The summed E-state index contributed by atoms with van der Waals surface area (Å²) in [6.07, 6.45) is 1.75. The number of amidine groups is 1. The number of aromatic carboxylic acids is 1. The van der Waals surface area contributed by atoms with Crippen molar-refractivity contribution in [2.24, 2.45) is 4.99 Å². The van der Waals surface area contributed by atoms with Crippen LogP contribution in [0.4, 0.5) is 5.69 Å². The highest BCUT2D eigenvalue weighted by Crippen LogP contribution is 2.35. The lowest BCUT2D eigenvalue weighted by Gasteiger charge is -2.12. The Morgan fingerprint density at radius 3 is 2.70 bits per heavy atom. The van der Waals surface area contributed by atoms with Crippen molar-refractivity contribution in [2.75, 3.05) is 6.54 Å². The van der Waals surface area contributed by atoms with Crippen LogP contribution in [0.25, 0.3) is 6.08 Å². The van der Waals surface area contributed by atoms with Crippen molar-refractivity contribution in [2.45, 2.75) is 6.92 Å². The molecule has 0 unspecified atom stereocenters. The summed E-state index contributed by atoms with van der Waals surface area (Å²) >= 11 is 7.20. The van der Waals surface area contributed by atoms with Crippen LogP contribution in [-0.4, -0.2) is 38.7 Å². The molecular weight excluding hydrogens is 388 g/mol. The number of thioether (sulfide) groups is 1. The van der Waals surface area contributed by atoms with Gasteiger partial charge in [-0.05, 0) is 54.6 Å². The molecule has 0 atom stereocenters. The zero-order valence-electron chi connectivity index (χ0n) is 14.2. The summed E-state index contributed by atoms with van der Waals surface area (Å²) in [5, 5.41) is 19.8. The molecule has 27 heavy (non-hydrogen) atoms. The number of aliphatic imine (C=N–C) groups is 1. The van der Waals surface area contributed by atoms with E-state index in [2.05, 4.69) is 4.99 Å². The topological polar surface area (TPSA) is 90.2 Å². The van der Waals surface area contributed by atoms with Crippen molar-refractivity contribution >= 4 is 52.2 Å². The number of phenols is 1. The summed E-state index contributed by atoms with van der Waals surface area (Å²) in [6.45, 7) is 2.26. The van der Waals surface area contributed by atoms with Gasteiger partial charge in [-0.25, -0.2) is 9.79 Å². The summed E-state index contributed by atoms with van der Waals surface area (Å²) in [5.74, 6) is -1.77. The third kappa shape index (κ3) is 4.15. The number of hydrogen-bond donors (Lipinski definition) is 2. The predicted octanol–water partition coefficient (Wildman–Crippen LogP) is 4.37. The van der Waals surface area contributed by atoms with Crippen molar-refractivity contribution < 1.29 is 19.8 Å². The van der Waals surface area contributed by atoms with Crippen LogP contribution < -0.4 is 0 Å². The number of carboxylic acid groups (broad SMARTS) is 1. The lowest BCUT2D eigenvalue weighted by molar-refractivity contribution is -0.122.